The van der Waals surface area contributed by atoms with E-state index < -0.39 is 0 Å². The molecule has 0 aliphatic carbocycles. The molecule has 1 aliphatic heterocycles. The highest BCUT2D eigenvalue weighted by atomic mass is 35.5. The first kappa shape index (κ1) is 21.8. The molecule has 0 amide bonds. The second kappa shape index (κ2) is 9.48. The van der Waals surface area contributed by atoms with Gasteiger partial charge in [0.2, 0.25) is 5.13 Å². The number of thiazole rings is 1. The lowest BCUT2D eigenvalue weighted by Crippen LogP contribution is -2.18. The van der Waals surface area contributed by atoms with Gasteiger partial charge in [-0.05, 0) is 60.0 Å². The van der Waals surface area contributed by atoms with Gasteiger partial charge in [-0.25, -0.2) is 9.99 Å². The lowest BCUT2D eigenvalue weighted by Gasteiger charge is -2.20. The van der Waals surface area contributed by atoms with E-state index in [0.29, 0.717) is 5.02 Å². The number of hydrogen-bond acceptors (Lipinski definition) is 5. The minimum atomic E-state index is 0.0306. The number of aryl methyl sites for hydroxylation is 1. The fourth-order valence-electron chi connectivity index (χ4n) is 3.73. The fraction of sp³-hybridized carbons (Fsp3) is 0.115. The van der Waals surface area contributed by atoms with Gasteiger partial charge >= 0.3 is 0 Å². The zero-order valence-corrected chi connectivity index (χ0v) is 20.1. The lowest BCUT2D eigenvalue weighted by atomic mass is 10.00. The van der Waals surface area contributed by atoms with Crippen LogP contribution in [0.2, 0.25) is 10.0 Å². The molecule has 0 radical (unpaired) electrons. The highest BCUT2D eigenvalue weighted by Crippen LogP contribution is 2.39. The summed E-state index contributed by atoms with van der Waals surface area (Å²) in [6.07, 6.45) is 8.63. The van der Waals surface area contributed by atoms with Crippen molar-refractivity contribution in [2.24, 2.45) is 5.10 Å². The molecule has 2 aromatic carbocycles. The van der Waals surface area contributed by atoms with E-state index in [1.54, 1.807) is 17.5 Å². The zero-order valence-electron chi connectivity index (χ0n) is 17.8. The molecule has 0 bridgehead atoms. The summed E-state index contributed by atoms with van der Waals surface area (Å²) in [5, 5.41) is 9.32. The van der Waals surface area contributed by atoms with Gasteiger partial charge in [0, 0.05) is 28.9 Å². The fourth-order valence-corrected chi connectivity index (χ4v) is 4.95. The maximum absolute atomic E-state index is 6.09. The molecule has 4 nitrogen and oxygen atoms in total. The summed E-state index contributed by atoms with van der Waals surface area (Å²) in [5.41, 5.74) is 5.24. The highest BCUT2D eigenvalue weighted by Gasteiger charge is 2.32. The summed E-state index contributed by atoms with van der Waals surface area (Å²) in [4.78, 5) is 10.3. The van der Waals surface area contributed by atoms with Gasteiger partial charge in [0.25, 0.3) is 0 Å². The summed E-state index contributed by atoms with van der Waals surface area (Å²) in [5.74, 6) is 0. The topological polar surface area (TPSA) is 41.4 Å². The molecule has 1 atom stereocenters. The Labute approximate surface area is 206 Å². The van der Waals surface area contributed by atoms with Crippen LogP contribution in [0.25, 0.3) is 12.2 Å². The zero-order chi connectivity index (χ0) is 22.8. The van der Waals surface area contributed by atoms with Crippen LogP contribution in [0.4, 0.5) is 5.13 Å². The van der Waals surface area contributed by atoms with E-state index in [1.165, 1.54) is 0 Å². The third kappa shape index (κ3) is 4.86. The first-order valence-electron chi connectivity index (χ1n) is 10.5. The van der Waals surface area contributed by atoms with Crippen molar-refractivity contribution in [3.63, 3.8) is 0 Å². The molecule has 33 heavy (non-hydrogen) atoms. The number of benzene rings is 2. The molecule has 2 aromatic heterocycles. The van der Waals surface area contributed by atoms with E-state index in [2.05, 4.69) is 23.2 Å². The van der Waals surface area contributed by atoms with Crippen LogP contribution in [0, 0.1) is 6.92 Å². The molecule has 4 aromatic rings. The van der Waals surface area contributed by atoms with Crippen LogP contribution >= 0.6 is 34.5 Å². The molecule has 1 aliphatic rings. The van der Waals surface area contributed by atoms with Crippen molar-refractivity contribution >= 4 is 57.5 Å². The third-order valence-electron chi connectivity index (χ3n) is 5.47. The second-order valence-corrected chi connectivity index (χ2v) is 9.62. The number of anilines is 1. The standard InChI is InChI=1S/C26H20Cl2N4S/c1-17-25(13-6-18-4-9-21(27)10-5-18)33-26(30-17)32-24(20-3-2-14-29-16-20)15-23(31-32)19-7-11-22(28)12-8-19/h2-14,16,24H,15H2,1H3/b13-6+. The molecule has 0 spiro atoms. The van der Waals surface area contributed by atoms with Crippen LogP contribution in [-0.2, 0) is 0 Å². The summed E-state index contributed by atoms with van der Waals surface area (Å²) >= 11 is 13.7. The van der Waals surface area contributed by atoms with E-state index >= 15 is 0 Å². The van der Waals surface area contributed by atoms with Crippen molar-refractivity contribution in [1.29, 1.82) is 0 Å². The lowest BCUT2D eigenvalue weighted by molar-refractivity contribution is 0.702. The minimum absolute atomic E-state index is 0.0306. The van der Waals surface area contributed by atoms with E-state index in [9.17, 15) is 0 Å². The summed E-state index contributed by atoms with van der Waals surface area (Å²) in [6.45, 7) is 2.03. The summed E-state index contributed by atoms with van der Waals surface area (Å²) < 4.78 is 0. The maximum Gasteiger partial charge on any atom is 0.207 e. The average molecular weight is 491 g/mol. The number of hydrogen-bond donors (Lipinski definition) is 0. The van der Waals surface area contributed by atoms with E-state index in [-0.39, 0.29) is 6.04 Å². The number of nitrogens with zero attached hydrogens (tertiary/aromatic N) is 4. The van der Waals surface area contributed by atoms with Gasteiger partial charge in [0.15, 0.2) is 0 Å². The van der Waals surface area contributed by atoms with Gasteiger partial charge in [-0.1, -0.05) is 70.9 Å². The largest absolute Gasteiger partial charge is 0.264 e. The third-order valence-corrected chi connectivity index (χ3v) is 7.09. The van der Waals surface area contributed by atoms with Crippen molar-refractivity contribution < 1.29 is 0 Å². The Morgan fingerprint density at radius 3 is 2.39 bits per heavy atom. The maximum atomic E-state index is 6.09. The normalized spacial score (nSPS) is 15.9. The van der Waals surface area contributed by atoms with Crippen LogP contribution in [0.15, 0.2) is 78.2 Å². The molecule has 164 valence electrons. The highest BCUT2D eigenvalue weighted by molar-refractivity contribution is 7.16. The van der Waals surface area contributed by atoms with E-state index in [1.807, 2.05) is 72.7 Å². The monoisotopic (exact) mass is 490 g/mol. The van der Waals surface area contributed by atoms with Gasteiger partial charge in [-0.15, -0.1) is 0 Å². The molecule has 7 heteroatoms. The quantitative estimate of drug-likeness (QED) is 0.288. The summed E-state index contributed by atoms with van der Waals surface area (Å²) in [7, 11) is 0. The number of halogens is 2. The van der Waals surface area contributed by atoms with Crippen molar-refractivity contribution in [1.82, 2.24) is 9.97 Å². The van der Waals surface area contributed by atoms with Crippen LogP contribution in [0.1, 0.15) is 39.7 Å². The molecule has 3 heterocycles. The van der Waals surface area contributed by atoms with Gasteiger partial charge in [-0.3, -0.25) is 4.98 Å². The predicted octanol–water partition coefficient (Wildman–Crippen LogP) is 7.68. The van der Waals surface area contributed by atoms with Gasteiger partial charge in [0.05, 0.1) is 22.3 Å². The van der Waals surface area contributed by atoms with Gasteiger partial charge < -0.3 is 0 Å². The molecular weight excluding hydrogens is 471 g/mol. The van der Waals surface area contributed by atoms with Crippen molar-refractivity contribution in [3.05, 3.63) is 110 Å². The minimum Gasteiger partial charge on any atom is -0.264 e. The Kier molecular flexibility index (Phi) is 6.27. The number of rotatable bonds is 5. The SMILES string of the molecule is Cc1nc(N2N=C(c3ccc(Cl)cc3)CC2c2cccnc2)sc1/C=C/c1ccc(Cl)cc1. The number of pyridine rings is 1. The average Bonchev–Trinajstić information content (AvgIpc) is 3.44. The molecule has 1 unspecified atom stereocenters. The molecule has 0 saturated heterocycles. The van der Waals surface area contributed by atoms with Crippen LogP contribution < -0.4 is 5.01 Å². The van der Waals surface area contributed by atoms with Crippen LogP contribution in [-0.4, -0.2) is 15.7 Å². The second-order valence-electron chi connectivity index (χ2n) is 7.74. The van der Waals surface area contributed by atoms with E-state index in [4.69, 9.17) is 33.3 Å². The number of hydrazone groups is 1. The molecule has 0 saturated carbocycles. The molecular formula is C26H20Cl2N4S. The van der Waals surface area contributed by atoms with Crippen LogP contribution in [0.3, 0.4) is 0 Å². The summed E-state index contributed by atoms with van der Waals surface area (Å²) in [6, 6.07) is 19.7. The Bertz CT molecular complexity index is 1310. The van der Waals surface area contributed by atoms with Gasteiger partial charge in [0.1, 0.15) is 0 Å². The Hall–Kier alpha value is -2.99. The van der Waals surface area contributed by atoms with Crippen molar-refractivity contribution in [3.8, 4) is 0 Å². The molecule has 0 fully saturated rings. The molecule has 5 rings (SSSR count). The Balaban J connectivity index is 1.48. The smallest absolute Gasteiger partial charge is 0.207 e. The van der Waals surface area contributed by atoms with Crippen molar-refractivity contribution in [2.75, 3.05) is 5.01 Å². The van der Waals surface area contributed by atoms with Crippen molar-refractivity contribution in [2.45, 2.75) is 19.4 Å². The Morgan fingerprint density at radius 1 is 0.970 bits per heavy atom. The number of aromatic nitrogens is 2. The predicted molar refractivity (Wildman–Crippen MR) is 139 cm³/mol. The van der Waals surface area contributed by atoms with E-state index in [0.717, 1.165) is 49.5 Å². The van der Waals surface area contributed by atoms with Gasteiger partial charge in [-0.2, -0.15) is 5.10 Å². The molecule has 0 N–H and O–H groups in total. The van der Waals surface area contributed by atoms with Crippen LogP contribution in [0.5, 0.6) is 0 Å². The first-order valence-corrected chi connectivity index (χ1v) is 12.1. The Morgan fingerprint density at radius 2 is 1.70 bits per heavy atom. The first-order chi connectivity index (χ1) is 16.1.